The van der Waals surface area contributed by atoms with Crippen LogP contribution in [0.4, 0.5) is 5.82 Å². The minimum Gasteiger partial charge on any atom is -0.365 e. The van der Waals surface area contributed by atoms with E-state index in [4.69, 9.17) is 5.53 Å². The van der Waals surface area contributed by atoms with Gasteiger partial charge in [0.2, 0.25) is 0 Å². The summed E-state index contributed by atoms with van der Waals surface area (Å²) in [7, 11) is 0. The maximum atomic E-state index is 8.29. The lowest BCUT2D eigenvalue weighted by molar-refractivity contribution is 0.718. The Morgan fingerprint density at radius 2 is 2.30 bits per heavy atom. The molecule has 2 aromatic rings. The minimum absolute atomic E-state index is 0.368. The third-order valence-electron chi connectivity index (χ3n) is 2.69. The highest BCUT2D eigenvalue weighted by atomic mass is 15.2. The zero-order valence-electron chi connectivity index (χ0n) is 11.5. The fourth-order valence-corrected chi connectivity index (χ4v) is 1.72. The monoisotopic (exact) mass is 272 g/mol. The summed E-state index contributed by atoms with van der Waals surface area (Å²) in [5, 5.41) is 6.72. The molecule has 8 nitrogen and oxygen atoms in total. The number of aromatic nitrogens is 4. The van der Waals surface area contributed by atoms with Gasteiger partial charge in [-0.25, -0.2) is 15.0 Å². The Labute approximate surface area is 116 Å². The molecule has 2 heterocycles. The summed E-state index contributed by atoms with van der Waals surface area (Å²) in [5.74, 6) is 0.704. The van der Waals surface area contributed by atoms with Crippen LogP contribution in [0.25, 0.3) is 21.6 Å². The number of fused-ring (bicyclic) bond motifs is 1. The first-order valence-electron chi connectivity index (χ1n) is 6.26. The van der Waals surface area contributed by atoms with Gasteiger partial charge in [0.15, 0.2) is 11.5 Å². The Morgan fingerprint density at radius 3 is 3.05 bits per heavy atom. The average molecular weight is 272 g/mol. The van der Waals surface area contributed by atoms with Crippen LogP contribution in [0, 0.1) is 0 Å². The topological polar surface area (TPSA) is 104 Å². The molecule has 0 aromatic carbocycles. The number of rotatable bonds is 6. The van der Waals surface area contributed by atoms with Crippen LogP contribution >= 0.6 is 0 Å². The van der Waals surface area contributed by atoms with Crippen molar-refractivity contribution in [1.82, 2.24) is 19.5 Å². The molecule has 0 unspecified atom stereocenters. The highest BCUT2D eigenvalue weighted by Gasteiger charge is 2.08. The number of imidazole rings is 1. The lowest BCUT2D eigenvalue weighted by atomic mass is 10.3. The molecule has 20 heavy (non-hydrogen) atoms. The second-order valence-electron chi connectivity index (χ2n) is 4.45. The molecule has 0 amide bonds. The minimum atomic E-state index is 0.368. The van der Waals surface area contributed by atoms with Crippen molar-refractivity contribution in [2.24, 2.45) is 5.11 Å². The van der Waals surface area contributed by atoms with Gasteiger partial charge in [0, 0.05) is 24.5 Å². The first kappa shape index (κ1) is 13.8. The normalized spacial score (nSPS) is 10.1. The predicted octanol–water partition coefficient (Wildman–Crippen LogP) is 2.51. The van der Waals surface area contributed by atoms with Crippen molar-refractivity contribution in [3.63, 3.8) is 0 Å². The van der Waals surface area contributed by atoms with E-state index in [1.165, 1.54) is 11.9 Å². The number of azide groups is 1. The molecule has 104 valence electrons. The van der Waals surface area contributed by atoms with Crippen LogP contribution in [-0.2, 0) is 6.54 Å². The van der Waals surface area contributed by atoms with Crippen LogP contribution in [-0.4, -0.2) is 32.6 Å². The van der Waals surface area contributed by atoms with Gasteiger partial charge in [-0.05, 0) is 19.4 Å². The Balaban J connectivity index is 2.20. The number of nitrogens with zero attached hydrogens (tertiary/aromatic N) is 7. The molecule has 0 saturated heterocycles. The van der Waals surface area contributed by atoms with E-state index in [1.807, 2.05) is 18.4 Å². The molecule has 0 aliphatic rings. The van der Waals surface area contributed by atoms with Crippen LogP contribution in [0.5, 0.6) is 0 Å². The van der Waals surface area contributed by atoms with Crippen LogP contribution in [0.3, 0.4) is 0 Å². The van der Waals surface area contributed by atoms with Gasteiger partial charge in [0.1, 0.15) is 11.8 Å². The summed E-state index contributed by atoms with van der Waals surface area (Å²) in [6.07, 6.45) is 5.25. The molecule has 0 aliphatic heterocycles. The largest absolute Gasteiger partial charge is 0.365 e. The first-order valence-corrected chi connectivity index (χ1v) is 6.26. The predicted molar refractivity (Wildman–Crippen MR) is 77.3 cm³/mol. The van der Waals surface area contributed by atoms with Gasteiger partial charge in [-0.15, -0.1) is 0 Å². The van der Waals surface area contributed by atoms with E-state index in [1.54, 1.807) is 6.33 Å². The zero-order chi connectivity index (χ0) is 14.4. The number of nitrogens with one attached hydrogen (secondary N) is 1. The lowest BCUT2D eigenvalue weighted by Gasteiger charge is -2.04. The molecule has 8 heteroatoms. The van der Waals surface area contributed by atoms with Crippen molar-refractivity contribution in [3.05, 3.63) is 34.7 Å². The smallest absolute Gasteiger partial charge is 0.165 e. The summed E-state index contributed by atoms with van der Waals surface area (Å²) in [6.45, 7) is 5.70. The summed E-state index contributed by atoms with van der Waals surface area (Å²) in [4.78, 5) is 15.5. The van der Waals surface area contributed by atoms with Gasteiger partial charge in [-0.1, -0.05) is 16.8 Å². The van der Waals surface area contributed by atoms with Crippen molar-refractivity contribution >= 4 is 17.0 Å². The van der Waals surface area contributed by atoms with Crippen molar-refractivity contribution in [1.29, 1.82) is 0 Å². The third kappa shape index (κ3) is 3.24. The maximum Gasteiger partial charge on any atom is 0.165 e. The van der Waals surface area contributed by atoms with E-state index in [9.17, 15) is 0 Å². The number of allylic oxidation sites excluding steroid dienone is 1. The van der Waals surface area contributed by atoms with Gasteiger partial charge in [-0.2, -0.15) is 0 Å². The Bertz CT molecular complexity index is 661. The highest BCUT2D eigenvalue weighted by molar-refractivity contribution is 5.82. The molecule has 2 rings (SSSR count). The number of hydrogen-bond acceptors (Lipinski definition) is 5. The second kappa shape index (κ2) is 6.53. The van der Waals surface area contributed by atoms with Gasteiger partial charge >= 0.3 is 0 Å². The van der Waals surface area contributed by atoms with Gasteiger partial charge < -0.3 is 9.88 Å². The molecule has 1 N–H and O–H groups in total. The Hall–Kier alpha value is -2.60. The third-order valence-corrected chi connectivity index (χ3v) is 2.69. The summed E-state index contributed by atoms with van der Waals surface area (Å²) in [5.41, 5.74) is 11.0. The Kier molecular flexibility index (Phi) is 4.52. The lowest BCUT2D eigenvalue weighted by Crippen LogP contribution is -2.04. The molecule has 0 aliphatic carbocycles. The number of hydrogen-bond donors (Lipinski definition) is 1. The maximum absolute atomic E-state index is 8.29. The van der Waals surface area contributed by atoms with Gasteiger partial charge in [-0.3, -0.25) is 0 Å². The molecule has 0 saturated carbocycles. The van der Waals surface area contributed by atoms with Crippen LogP contribution < -0.4 is 5.32 Å². The fourth-order valence-electron chi connectivity index (χ4n) is 1.72. The van der Waals surface area contributed by atoms with E-state index < -0.39 is 0 Å². The van der Waals surface area contributed by atoms with E-state index in [0.29, 0.717) is 25.5 Å². The molecular weight excluding hydrogens is 256 g/mol. The molecule has 0 atom stereocenters. The van der Waals surface area contributed by atoms with E-state index in [2.05, 4.69) is 36.4 Å². The molecule has 2 aromatic heterocycles. The zero-order valence-corrected chi connectivity index (χ0v) is 11.5. The van der Waals surface area contributed by atoms with Gasteiger partial charge in [0.25, 0.3) is 0 Å². The summed E-state index contributed by atoms with van der Waals surface area (Å²) >= 11 is 0. The van der Waals surface area contributed by atoms with Crippen LogP contribution in [0.2, 0.25) is 0 Å². The van der Waals surface area contributed by atoms with Crippen molar-refractivity contribution in [3.8, 4) is 0 Å². The first-order chi connectivity index (χ1) is 9.72. The summed E-state index contributed by atoms with van der Waals surface area (Å²) in [6, 6.07) is 0. The van der Waals surface area contributed by atoms with E-state index in [-0.39, 0.29) is 0 Å². The SMILES string of the molecule is CC(C)=CCNc1ncnc2c1ncn2CCN=[N+]=[N-]. The van der Waals surface area contributed by atoms with Gasteiger partial charge in [0.05, 0.1) is 6.33 Å². The van der Waals surface area contributed by atoms with E-state index >= 15 is 0 Å². The highest BCUT2D eigenvalue weighted by Crippen LogP contribution is 2.17. The van der Waals surface area contributed by atoms with Crippen LogP contribution in [0.1, 0.15) is 13.8 Å². The standard InChI is InChI=1S/C12H16N8/c1-9(2)3-4-14-11-10-12(16-7-15-11)20(8-17-10)6-5-18-19-13/h3,7-8H,4-6H2,1-2H3,(H,14,15,16). The summed E-state index contributed by atoms with van der Waals surface area (Å²) < 4.78 is 1.85. The van der Waals surface area contributed by atoms with Crippen molar-refractivity contribution in [2.75, 3.05) is 18.4 Å². The average Bonchev–Trinajstić information content (AvgIpc) is 2.83. The van der Waals surface area contributed by atoms with Crippen molar-refractivity contribution in [2.45, 2.75) is 20.4 Å². The molecule has 0 fully saturated rings. The second-order valence-corrected chi connectivity index (χ2v) is 4.45. The fraction of sp³-hybridized carbons (Fsp3) is 0.417. The van der Waals surface area contributed by atoms with E-state index in [0.717, 1.165) is 11.2 Å². The quantitative estimate of drug-likeness (QED) is 0.377. The molecule has 0 radical (unpaired) electrons. The Morgan fingerprint density at radius 1 is 1.45 bits per heavy atom. The number of anilines is 1. The molecule has 0 bridgehead atoms. The van der Waals surface area contributed by atoms with Crippen LogP contribution in [0.15, 0.2) is 29.4 Å². The van der Waals surface area contributed by atoms with Crippen molar-refractivity contribution < 1.29 is 0 Å². The molecule has 0 spiro atoms. The molecular formula is C12H16N8.